The highest BCUT2D eigenvalue weighted by molar-refractivity contribution is 5.87. The first-order chi connectivity index (χ1) is 9.17. The fourth-order valence-electron chi connectivity index (χ4n) is 2.37. The molecule has 3 nitrogen and oxygen atoms in total. The standard InChI is InChI=1S/C16H23NO2/c1-5-17-10-15-13(9-11(2)3)12-7-6-8-14(18-4)16(12)19-15/h6-8,11,17H,5,9-10H2,1-4H3. The summed E-state index contributed by atoms with van der Waals surface area (Å²) in [5.74, 6) is 2.45. The van der Waals surface area contributed by atoms with Gasteiger partial charge in [0.1, 0.15) is 5.76 Å². The van der Waals surface area contributed by atoms with Crippen molar-refractivity contribution in [2.45, 2.75) is 33.7 Å². The van der Waals surface area contributed by atoms with Crippen molar-refractivity contribution in [1.82, 2.24) is 5.32 Å². The number of rotatable bonds is 6. The maximum Gasteiger partial charge on any atom is 0.176 e. The molecule has 1 aromatic heterocycles. The van der Waals surface area contributed by atoms with Crippen LogP contribution >= 0.6 is 0 Å². The lowest BCUT2D eigenvalue weighted by molar-refractivity contribution is 0.406. The topological polar surface area (TPSA) is 34.4 Å². The second kappa shape index (κ2) is 6.11. The van der Waals surface area contributed by atoms with Crippen molar-refractivity contribution in [3.05, 3.63) is 29.5 Å². The molecule has 19 heavy (non-hydrogen) atoms. The highest BCUT2D eigenvalue weighted by atomic mass is 16.5. The highest BCUT2D eigenvalue weighted by Crippen LogP contribution is 2.34. The van der Waals surface area contributed by atoms with E-state index in [1.165, 1.54) is 10.9 Å². The Morgan fingerprint density at radius 3 is 2.74 bits per heavy atom. The lowest BCUT2D eigenvalue weighted by Gasteiger charge is -2.06. The van der Waals surface area contributed by atoms with Crippen molar-refractivity contribution < 1.29 is 9.15 Å². The van der Waals surface area contributed by atoms with Gasteiger partial charge in [0, 0.05) is 10.9 Å². The van der Waals surface area contributed by atoms with Crippen LogP contribution in [-0.4, -0.2) is 13.7 Å². The van der Waals surface area contributed by atoms with E-state index in [0.717, 1.165) is 36.6 Å². The maximum absolute atomic E-state index is 6.04. The molecule has 0 aliphatic carbocycles. The average Bonchev–Trinajstić information content (AvgIpc) is 2.74. The third-order valence-electron chi connectivity index (χ3n) is 3.23. The summed E-state index contributed by atoms with van der Waals surface area (Å²) < 4.78 is 11.4. The predicted octanol–water partition coefficient (Wildman–Crippen LogP) is 3.75. The molecule has 0 saturated heterocycles. The number of ether oxygens (including phenoxy) is 1. The number of hydrogen-bond donors (Lipinski definition) is 1. The molecule has 0 radical (unpaired) electrons. The quantitative estimate of drug-likeness (QED) is 0.860. The smallest absolute Gasteiger partial charge is 0.176 e. The summed E-state index contributed by atoms with van der Waals surface area (Å²) in [6, 6.07) is 6.09. The number of para-hydroxylation sites is 1. The molecule has 0 amide bonds. The third-order valence-corrected chi connectivity index (χ3v) is 3.23. The Kier molecular flexibility index (Phi) is 4.48. The summed E-state index contributed by atoms with van der Waals surface area (Å²) in [5, 5.41) is 4.52. The Balaban J connectivity index is 2.51. The molecule has 1 heterocycles. The molecule has 2 rings (SSSR count). The summed E-state index contributed by atoms with van der Waals surface area (Å²) in [4.78, 5) is 0. The van der Waals surface area contributed by atoms with E-state index < -0.39 is 0 Å². The molecule has 0 aliphatic rings. The molecule has 0 fully saturated rings. The summed E-state index contributed by atoms with van der Waals surface area (Å²) in [5.41, 5.74) is 2.18. The van der Waals surface area contributed by atoms with Crippen molar-refractivity contribution in [1.29, 1.82) is 0 Å². The van der Waals surface area contributed by atoms with E-state index in [0.29, 0.717) is 5.92 Å². The molecule has 104 valence electrons. The maximum atomic E-state index is 6.04. The molecule has 1 aromatic carbocycles. The van der Waals surface area contributed by atoms with Gasteiger partial charge in [-0.2, -0.15) is 0 Å². The van der Waals surface area contributed by atoms with Crippen LogP contribution in [0, 0.1) is 5.92 Å². The van der Waals surface area contributed by atoms with Gasteiger partial charge in [-0.25, -0.2) is 0 Å². The van der Waals surface area contributed by atoms with Crippen LogP contribution in [0.5, 0.6) is 5.75 Å². The molecule has 0 unspecified atom stereocenters. The lowest BCUT2D eigenvalue weighted by atomic mass is 9.99. The van der Waals surface area contributed by atoms with Gasteiger partial charge in [0.25, 0.3) is 0 Å². The number of methoxy groups -OCH3 is 1. The van der Waals surface area contributed by atoms with E-state index in [9.17, 15) is 0 Å². The van der Waals surface area contributed by atoms with Crippen LogP contribution in [0.1, 0.15) is 32.1 Å². The van der Waals surface area contributed by atoms with E-state index in [1.807, 2.05) is 12.1 Å². The second-order valence-corrected chi connectivity index (χ2v) is 5.22. The van der Waals surface area contributed by atoms with Gasteiger partial charge in [-0.1, -0.05) is 32.9 Å². The van der Waals surface area contributed by atoms with Crippen LogP contribution in [0.15, 0.2) is 22.6 Å². The van der Waals surface area contributed by atoms with Crippen molar-refractivity contribution in [2.24, 2.45) is 5.92 Å². The van der Waals surface area contributed by atoms with Gasteiger partial charge >= 0.3 is 0 Å². The molecule has 3 heteroatoms. The molecule has 0 atom stereocenters. The van der Waals surface area contributed by atoms with E-state index in [1.54, 1.807) is 7.11 Å². The fourth-order valence-corrected chi connectivity index (χ4v) is 2.37. The largest absolute Gasteiger partial charge is 0.493 e. The van der Waals surface area contributed by atoms with Crippen molar-refractivity contribution in [3.63, 3.8) is 0 Å². The van der Waals surface area contributed by atoms with Crippen molar-refractivity contribution >= 4 is 11.0 Å². The van der Waals surface area contributed by atoms with Crippen LogP contribution in [0.3, 0.4) is 0 Å². The number of furan rings is 1. The van der Waals surface area contributed by atoms with Crippen LogP contribution < -0.4 is 10.1 Å². The number of fused-ring (bicyclic) bond motifs is 1. The van der Waals surface area contributed by atoms with Gasteiger partial charge < -0.3 is 14.5 Å². The van der Waals surface area contributed by atoms with Gasteiger partial charge in [0.15, 0.2) is 11.3 Å². The number of nitrogens with one attached hydrogen (secondary N) is 1. The Bertz CT molecular complexity index is 543. The Morgan fingerprint density at radius 1 is 1.32 bits per heavy atom. The normalized spacial score (nSPS) is 11.4. The van der Waals surface area contributed by atoms with Crippen LogP contribution in [0.25, 0.3) is 11.0 Å². The van der Waals surface area contributed by atoms with Gasteiger partial charge in [0.2, 0.25) is 0 Å². The molecule has 0 bridgehead atoms. The first-order valence-corrected chi connectivity index (χ1v) is 6.95. The molecule has 0 spiro atoms. The zero-order valence-corrected chi connectivity index (χ0v) is 12.2. The molecular weight excluding hydrogens is 238 g/mol. The average molecular weight is 261 g/mol. The molecule has 0 saturated carbocycles. The molecule has 1 N–H and O–H groups in total. The molecular formula is C16H23NO2. The summed E-state index contributed by atoms with van der Waals surface area (Å²) >= 11 is 0. The van der Waals surface area contributed by atoms with Gasteiger partial charge in [0.05, 0.1) is 13.7 Å². The predicted molar refractivity (Wildman–Crippen MR) is 78.7 cm³/mol. The molecule has 2 aromatic rings. The van der Waals surface area contributed by atoms with E-state index in [4.69, 9.17) is 9.15 Å². The Hall–Kier alpha value is -1.48. The SMILES string of the molecule is CCNCc1oc2c(OC)cccc2c1CC(C)C. The summed E-state index contributed by atoms with van der Waals surface area (Å²) in [6.45, 7) is 8.28. The second-order valence-electron chi connectivity index (χ2n) is 5.22. The zero-order valence-electron chi connectivity index (χ0n) is 12.2. The minimum Gasteiger partial charge on any atom is -0.493 e. The first-order valence-electron chi connectivity index (χ1n) is 6.95. The zero-order chi connectivity index (χ0) is 13.8. The minimum atomic E-state index is 0.604. The Labute approximate surface area is 114 Å². The number of benzene rings is 1. The van der Waals surface area contributed by atoms with Gasteiger partial charge in [-0.15, -0.1) is 0 Å². The molecule has 0 aliphatic heterocycles. The van der Waals surface area contributed by atoms with E-state index >= 15 is 0 Å². The fraction of sp³-hybridized carbons (Fsp3) is 0.500. The van der Waals surface area contributed by atoms with Gasteiger partial charge in [-0.05, 0) is 24.9 Å². The monoisotopic (exact) mass is 261 g/mol. The minimum absolute atomic E-state index is 0.604. The van der Waals surface area contributed by atoms with Crippen LogP contribution in [-0.2, 0) is 13.0 Å². The van der Waals surface area contributed by atoms with E-state index in [-0.39, 0.29) is 0 Å². The van der Waals surface area contributed by atoms with Crippen LogP contribution in [0.4, 0.5) is 0 Å². The lowest BCUT2D eigenvalue weighted by Crippen LogP contribution is -2.12. The number of hydrogen-bond acceptors (Lipinski definition) is 3. The van der Waals surface area contributed by atoms with Crippen LogP contribution in [0.2, 0.25) is 0 Å². The van der Waals surface area contributed by atoms with Crippen molar-refractivity contribution in [3.8, 4) is 5.75 Å². The van der Waals surface area contributed by atoms with Crippen molar-refractivity contribution in [2.75, 3.05) is 13.7 Å². The summed E-state index contributed by atoms with van der Waals surface area (Å²) in [7, 11) is 1.68. The highest BCUT2D eigenvalue weighted by Gasteiger charge is 2.17. The Morgan fingerprint density at radius 2 is 2.11 bits per heavy atom. The van der Waals surface area contributed by atoms with E-state index in [2.05, 4.69) is 32.2 Å². The first kappa shape index (κ1) is 13.9. The van der Waals surface area contributed by atoms with Gasteiger partial charge in [-0.3, -0.25) is 0 Å². The third kappa shape index (κ3) is 2.92. The summed E-state index contributed by atoms with van der Waals surface area (Å²) in [6.07, 6.45) is 1.03.